The second kappa shape index (κ2) is 6.03. The Bertz CT molecular complexity index is 600. The molecule has 2 rings (SSSR count). The van der Waals surface area contributed by atoms with Gasteiger partial charge in [-0.1, -0.05) is 0 Å². The largest absolute Gasteiger partial charge is 0.495 e. The summed E-state index contributed by atoms with van der Waals surface area (Å²) in [6.07, 6.45) is 0. The zero-order chi connectivity index (χ0) is 13.8. The minimum absolute atomic E-state index is 0.0357. The third kappa shape index (κ3) is 3.24. The van der Waals surface area contributed by atoms with Crippen LogP contribution >= 0.6 is 27.3 Å². The predicted octanol–water partition coefficient (Wildman–Crippen LogP) is 4.04. The molecule has 2 aromatic rings. The van der Waals surface area contributed by atoms with Gasteiger partial charge in [-0.2, -0.15) is 0 Å². The van der Waals surface area contributed by atoms with Crippen LogP contribution in [0.25, 0.3) is 0 Å². The SMILES string of the molecule is COc1ccc([N+](=O)[O-])cc1NCc1sccc1Br. The monoisotopic (exact) mass is 342 g/mol. The number of anilines is 1. The Hall–Kier alpha value is -1.60. The Balaban J connectivity index is 2.20. The summed E-state index contributed by atoms with van der Waals surface area (Å²) in [7, 11) is 1.54. The van der Waals surface area contributed by atoms with Gasteiger partial charge in [0.15, 0.2) is 0 Å². The Morgan fingerprint density at radius 2 is 2.26 bits per heavy atom. The lowest BCUT2D eigenvalue weighted by atomic mass is 10.2. The van der Waals surface area contributed by atoms with Crippen molar-refractivity contribution in [3.8, 4) is 5.75 Å². The summed E-state index contributed by atoms with van der Waals surface area (Å²) in [5.41, 5.74) is 0.644. The van der Waals surface area contributed by atoms with Gasteiger partial charge in [-0.15, -0.1) is 11.3 Å². The lowest BCUT2D eigenvalue weighted by molar-refractivity contribution is -0.384. The second-order valence-electron chi connectivity index (χ2n) is 3.69. The number of ether oxygens (including phenoxy) is 1. The van der Waals surface area contributed by atoms with E-state index in [1.165, 1.54) is 19.2 Å². The molecule has 19 heavy (non-hydrogen) atoms. The Morgan fingerprint density at radius 3 is 2.84 bits per heavy atom. The van der Waals surface area contributed by atoms with Crippen LogP contribution in [-0.2, 0) is 6.54 Å². The van der Waals surface area contributed by atoms with E-state index in [0.29, 0.717) is 18.0 Å². The number of thiophene rings is 1. The van der Waals surface area contributed by atoms with Crippen LogP contribution < -0.4 is 10.1 Å². The molecule has 0 amide bonds. The van der Waals surface area contributed by atoms with Gasteiger partial charge in [-0.25, -0.2) is 0 Å². The first-order valence-corrected chi connectivity index (χ1v) is 7.07. The first-order chi connectivity index (χ1) is 9.11. The minimum atomic E-state index is -0.425. The van der Waals surface area contributed by atoms with E-state index in [2.05, 4.69) is 21.2 Å². The van der Waals surface area contributed by atoms with Crippen LogP contribution in [0.2, 0.25) is 0 Å². The summed E-state index contributed by atoms with van der Waals surface area (Å²) < 4.78 is 6.21. The molecule has 0 saturated carbocycles. The van der Waals surface area contributed by atoms with Gasteiger partial charge in [0.2, 0.25) is 0 Å². The molecule has 0 bridgehead atoms. The number of nitrogens with zero attached hydrogens (tertiary/aromatic N) is 1. The third-order valence-electron chi connectivity index (χ3n) is 2.52. The average Bonchev–Trinajstić information content (AvgIpc) is 2.81. The van der Waals surface area contributed by atoms with E-state index in [-0.39, 0.29) is 5.69 Å². The van der Waals surface area contributed by atoms with Gasteiger partial charge < -0.3 is 10.1 Å². The molecule has 0 radical (unpaired) electrons. The minimum Gasteiger partial charge on any atom is -0.495 e. The molecule has 0 aliphatic rings. The molecule has 100 valence electrons. The second-order valence-corrected chi connectivity index (χ2v) is 5.54. The summed E-state index contributed by atoms with van der Waals surface area (Å²) in [5, 5.41) is 15.9. The van der Waals surface area contributed by atoms with E-state index < -0.39 is 4.92 Å². The van der Waals surface area contributed by atoms with Gasteiger partial charge in [-0.05, 0) is 33.4 Å². The fraction of sp³-hybridized carbons (Fsp3) is 0.167. The highest BCUT2D eigenvalue weighted by Crippen LogP contribution is 2.30. The summed E-state index contributed by atoms with van der Waals surface area (Å²) in [6.45, 7) is 0.579. The van der Waals surface area contributed by atoms with Crippen LogP contribution in [0.3, 0.4) is 0 Å². The quantitative estimate of drug-likeness (QED) is 0.657. The summed E-state index contributed by atoms with van der Waals surface area (Å²) >= 11 is 5.05. The molecule has 0 aliphatic heterocycles. The summed E-state index contributed by atoms with van der Waals surface area (Å²) in [4.78, 5) is 11.5. The van der Waals surface area contributed by atoms with Gasteiger partial charge in [0, 0.05) is 21.5 Å². The fourth-order valence-corrected chi connectivity index (χ4v) is 3.01. The van der Waals surface area contributed by atoms with Gasteiger partial charge in [0.25, 0.3) is 5.69 Å². The van der Waals surface area contributed by atoms with E-state index in [0.717, 1.165) is 9.35 Å². The molecule has 0 spiro atoms. The zero-order valence-electron chi connectivity index (χ0n) is 10.1. The Kier molecular flexibility index (Phi) is 4.39. The topological polar surface area (TPSA) is 64.4 Å². The number of rotatable bonds is 5. The van der Waals surface area contributed by atoms with E-state index in [1.807, 2.05) is 11.4 Å². The van der Waals surface area contributed by atoms with E-state index in [4.69, 9.17) is 4.74 Å². The van der Waals surface area contributed by atoms with Crippen molar-refractivity contribution < 1.29 is 9.66 Å². The van der Waals surface area contributed by atoms with Crippen LogP contribution in [0.5, 0.6) is 5.75 Å². The van der Waals surface area contributed by atoms with Crippen molar-refractivity contribution >= 4 is 38.6 Å². The highest BCUT2D eigenvalue weighted by atomic mass is 79.9. The average molecular weight is 343 g/mol. The van der Waals surface area contributed by atoms with E-state index in [9.17, 15) is 10.1 Å². The predicted molar refractivity (Wildman–Crippen MR) is 79.0 cm³/mol. The van der Waals surface area contributed by atoms with Gasteiger partial charge >= 0.3 is 0 Å². The van der Waals surface area contributed by atoms with Crippen molar-refractivity contribution in [1.82, 2.24) is 0 Å². The van der Waals surface area contributed by atoms with Gasteiger partial charge in [0.05, 0.1) is 24.3 Å². The highest BCUT2D eigenvalue weighted by Gasteiger charge is 2.11. The Labute approximate surface area is 122 Å². The van der Waals surface area contributed by atoms with Crippen molar-refractivity contribution in [3.63, 3.8) is 0 Å². The molecule has 7 heteroatoms. The maximum atomic E-state index is 10.8. The molecule has 0 aliphatic carbocycles. The highest BCUT2D eigenvalue weighted by molar-refractivity contribution is 9.10. The molecule has 1 aromatic heterocycles. The molecular weight excluding hydrogens is 332 g/mol. The number of nitro benzene ring substituents is 1. The van der Waals surface area contributed by atoms with Crippen LogP contribution in [0.4, 0.5) is 11.4 Å². The number of non-ortho nitro benzene ring substituents is 1. The molecule has 1 N–H and O–H groups in total. The normalized spacial score (nSPS) is 10.2. The molecule has 0 saturated heterocycles. The van der Waals surface area contributed by atoms with Crippen LogP contribution in [0.15, 0.2) is 34.1 Å². The fourth-order valence-electron chi connectivity index (χ4n) is 1.57. The van der Waals surface area contributed by atoms with Crippen molar-refractivity contribution in [2.24, 2.45) is 0 Å². The zero-order valence-corrected chi connectivity index (χ0v) is 12.5. The van der Waals surface area contributed by atoms with E-state index in [1.54, 1.807) is 17.4 Å². The lowest BCUT2D eigenvalue weighted by Gasteiger charge is -2.10. The number of nitrogens with one attached hydrogen (secondary N) is 1. The number of benzene rings is 1. The molecule has 1 aromatic carbocycles. The number of methoxy groups -OCH3 is 1. The van der Waals surface area contributed by atoms with Crippen molar-refractivity contribution in [3.05, 3.63) is 49.1 Å². The smallest absolute Gasteiger partial charge is 0.271 e. The molecule has 0 atom stereocenters. The lowest BCUT2D eigenvalue weighted by Crippen LogP contribution is -2.01. The van der Waals surface area contributed by atoms with Crippen molar-refractivity contribution in [1.29, 1.82) is 0 Å². The van der Waals surface area contributed by atoms with Crippen molar-refractivity contribution in [2.45, 2.75) is 6.54 Å². The molecule has 0 unspecified atom stereocenters. The maximum absolute atomic E-state index is 10.8. The number of hydrogen-bond acceptors (Lipinski definition) is 5. The van der Waals surface area contributed by atoms with Gasteiger partial charge in [-0.3, -0.25) is 10.1 Å². The number of nitro groups is 1. The van der Waals surface area contributed by atoms with E-state index >= 15 is 0 Å². The van der Waals surface area contributed by atoms with Gasteiger partial charge in [0.1, 0.15) is 5.75 Å². The summed E-state index contributed by atoms with van der Waals surface area (Å²) in [5.74, 6) is 0.582. The van der Waals surface area contributed by atoms with Crippen LogP contribution in [-0.4, -0.2) is 12.0 Å². The number of halogens is 1. The molecule has 5 nitrogen and oxygen atoms in total. The number of hydrogen-bond donors (Lipinski definition) is 1. The Morgan fingerprint density at radius 1 is 1.47 bits per heavy atom. The third-order valence-corrected chi connectivity index (χ3v) is 4.45. The maximum Gasteiger partial charge on any atom is 0.271 e. The molecule has 0 fully saturated rings. The molecular formula is C12H11BrN2O3S. The summed E-state index contributed by atoms with van der Waals surface area (Å²) in [6, 6.07) is 6.45. The van der Waals surface area contributed by atoms with Crippen LogP contribution in [0.1, 0.15) is 4.88 Å². The van der Waals surface area contributed by atoms with Crippen LogP contribution in [0, 0.1) is 10.1 Å². The first kappa shape index (κ1) is 13.8. The first-order valence-electron chi connectivity index (χ1n) is 5.40. The molecule has 1 heterocycles. The standard InChI is InChI=1S/C12H11BrN2O3S/c1-18-11-3-2-8(15(16)17)6-10(11)14-7-12-9(13)4-5-19-12/h2-6,14H,7H2,1H3. The van der Waals surface area contributed by atoms with Crippen molar-refractivity contribution in [2.75, 3.05) is 12.4 Å².